The van der Waals surface area contributed by atoms with Crippen molar-refractivity contribution >= 4 is 0 Å². The van der Waals surface area contributed by atoms with Crippen LogP contribution in [0.3, 0.4) is 0 Å². The molecule has 0 aromatic carbocycles. The van der Waals surface area contributed by atoms with E-state index in [0.29, 0.717) is 12.4 Å². The molecular formula is C14H26O6. The van der Waals surface area contributed by atoms with Crippen molar-refractivity contribution in [1.82, 2.24) is 0 Å². The summed E-state index contributed by atoms with van der Waals surface area (Å²) < 4.78 is 0. The maximum absolute atomic E-state index is 5.22. The molecule has 1 atom stereocenters. The molecular weight excluding hydrogens is 264 g/mol. The van der Waals surface area contributed by atoms with Gasteiger partial charge in [-0.25, -0.2) is 9.78 Å². The quantitative estimate of drug-likeness (QED) is 0.265. The van der Waals surface area contributed by atoms with Crippen molar-refractivity contribution < 1.29 is 29.6 Å². The third-order valence-corrected chi connectivity index (χ3v) is 3.18. The Labute approximate surface area is 120 Å². The molecule has 0 heterocycles. The van der Waals surface area contributed by atoms with E-state index >= 15 is 0 Å². The van der Waals surface area contributed by atoms with E-state index in [1.807, 2.05) is 19.9 Å². The van der Waals surface area contributed by atoms with Gasteiger partial charge in [0.2, 0.25) is 0 Å². The van der Waals surface area contributed by atoms with Crippen molar-refractivity contribution in [3.63, 3.8) is 0 Å². The molecule has 1 rings (SSSR count). The maximum atomic E-state index is 5.22. The molecule has 0 radical (unpaired) electrons. The molecule has 1 unspecified atom stereocenters. The second kappa shape index (κ2) is 11.0. The molecule has 1 saturated carbocycles. The molecule has 0 N–H and O–H groups in total. The Morgan fingerprint density at radius 3 is 2.60 bits per heavy atom. The van der Waals surface area contributed by atoms with Gasteiger partial charge in [-0.2, -0.15) is 4.89 Å². The van der Waals surface area contributed by atoms with Crippen LogP contribution in [0.25, 0.3) is 0 Å². The first-order valence-corrected chi connectivity index (χ1v) is 7.30. The van der Waals surface area contributed by atoms with Crippen LogP contribution in [-0.2, 0) is 29.6 Å². The number of rotatable bonds is 10. The Morgan fingerprint density at radius 2 is 1.95 bits per heavy atom. The van der Waals surface area contributed by atoms with Gasteiger partial charge in [-0.1, -0.05) is 38.1 Å². The molecule has 0 aromatic heterocycles. The molecule has 0 amide bonds. The molecule has 6 heteroatoms. The summed E-state index contributed by atoms with van der Waals surface area (Å²) >= 11 is 0. The summed E-state index contributed by atoms with van der Waals surface area (Å²) in [6, 6.07) is 0. The van der Waals surface area contributed by atoms with Gasteiger partial charge in [0, 0.05) is 5.92 Å². The Hall–Kier alpha value is -0.660. The summed E-state index contributed by atoms with van der Waals surface area (Å²) in [6.07, 6.45) is 8.60. The van der Waals surface area contributed by atoms with Crippen LogP contribution >= 0.6 is 0 Å². The molecule has 118 valence electrons. The van der Waals surface area contributed by atoms with E-state index in [2.05, 4.69) is 9.93 Å². The summed E-state index contributed by atoms with van der Waals surface area (Å²) in [6.45, 7) is 4.25. The fraction of sp³-hybridized carbons (Fsp3) is 0.857. The lowest BCUT2D eigenvalue weighted by Crippen LogP contribution is -2.18. The minimum atomic E-state index is -0.0277. The lowest BCUT2D eigenvalue weighted by molar-refractivity contribution is -0.531. The van der Waals surface area contributed by atoms with Crippen molar-refractivity contribution in [3.8, 4) is 0 Å². The Morgan fingerprint density at radius 1 is 1.20 bits per heavy atom. The van der Waals surface area contributed by atoms with Crippen LogP contribution in [0.4, 0.5) is 0 Å². The van der Waals surface area contributed by atoms with Crippen LogP contribution in [-0.4, -0.2) is 19.8 Å². The van der Waals surface area contributed by atoms with Crippen molar-refractivity contribution in [2.24, 2.45) is 5.92 Å². The fourth-order valence-corrected chi connectivity index (χ4v) is 2.05. The zero-order chi connectivity index (χ0) is 14.6. The van der Waals surface area contributed by atoms with Crippen LogP contribution in [0.1, 0.15) is 52.4 Å². The Bertz CT molecular complexity index is 262. The van der Waals surface area contributed by atoms with E-state index in [0.717, 1.165) is 19.3 Å². The predicted octanol–water partition coefficient (Wildman–Crippen LogP) is 3.64. The van der Waals surface area contributed by atoms with E-state index in [4.69, 9.17) is 19.7 Å². The first-order valence-electron chi connectivity index (χ1n) is 7.30. The monoisotopic (exact) mass is 290 g/mol. The Kier molecular flexibility index (Phi) is 9.61. The van der Waals surface area contributed by atoms with E-state index in [9.17, 15) is 0 Å². The van der Waals surface area contributed by atoms with Crippen LogP contribution in [0.5, 0.6) is 0 Å². The van der Waals surface area contributed by atoms with Gasteiger partial charge in [0.05, 0.1) is 19.8 Å². The predicted molar refractivity (Wildman–Crippen MR) is 71.7 cm³/mol. The molecule has 0 saturated heterocycles. The van der Waals surface area contributed by atoms with Crippen LogP contribution < -0.4 is 0 Å². The third-order valence-electron chi connectivity index (χ3n) is 3.18. The minimum Gasteiger partial charge on any atom is -0.313 e. The summed E-state index contributed by atoms with van der Waals surface area (Å²) in [4.78, 5) is 19.7. The topological polar surface area (TPSA) is 55.4 Å². The van der Waals surface area contributed by atoms with Gasteiger partial charge in [0.1, 0.15) is 5.76 Å². The van der Waals surface area contributed by atoms with Crippen LogP contribution in [0.15, 0.2) is 11.8 Å². The minimum absolute atomic E-state index is 0.0277. The maximum Gasteiger partial charge on any atom is 0.147 e. The third kappa shape index (κ3) is 7.21. The van der Waals surface area contributed by atoms with Gasteiger partial charge in [0.25, 0.3) is 0 Å². The molecule has 1 aliphatic carbocycles. The van der Waals surface area contributed by atoms with Gasteiger partial charge in [-0.05, 0) is 30.4 Å². The highest BCUT2D eigenvalue weighted by atomic mass is 17.5. The zero-order valence-electron chi connectivity index (χ0n) is 12.6. The standard InChI is InChI=1S/C14H26O6/c1-4-8-14(18-19-15-3)12(2)11-16-20-17-13-9-6-5-7-10-13/h8,12-13H,4-7,9-11H2,1-3H3. The highest BCUT2D eigenvalue weighted by molar-refractivity contribution is 4.95. The first kappa shape index (κ1) is 17.4. The van der Waals surface area contributed by atoms with E-state index in [1.54, 1.807) is 0 Å². The van der Waals surface area contributed by atoms with Gasteiger partial charge < -0.3 is 4.89 Å². The van der Waals surface area contributed by atoms with E-state index in [1.165, 1.54) is 26.4 Å². The molecule has 0 spiro atoms. The molecule has 0 bridgehead atoms. The first-order chi connectivity index (χ1) is 9.77. The number of hydrogen-bond acceptors (Lipinski definition) is 6. The van der Waals surface area contributed by atoms with Crippen molar-refractivity contribution in [2.45, 2.75) is 58.5 Å². The summed E-state index contributed by atoms with van der Waals surface area (Å²) in [5.74, 6) is 0.607. The van der Waals surface area contributed by atoms with Gasteiger partial charge in [0.15, 0.2) is 0 Å². The highest BCUT2D eigenvalue weighted by Gasteiger charge is 2.16. The molecule has 0 aromatic rings. The summed E-state index contributed by atoms with van der Waals surface area (Å²) in [7, 11) is 1.38. The lowest BCUT2D eigenvalue weighted by Gasteiger charge is -2.20. The van der Waals surface area contributed by atoms with E-state index < -0.39 is 0 Å². The van der Waals surface area contributed by atoms with Gasteiger partial charge >= 0.3 is 0 Å². The average molecular weight is 290 g/mol. The van der Waals surface area contributed by atoms with Crippen molar-refractivity contribution in [2.75, 3.05) is 13.7 Å². The summed E-state index contributed by atoms with van der Waals surface area (Å²) in [5, 5.41) is 9.30. The lowest BCUT2D eigenvalue weighted by atomic mass is 9.98. The Balaban J connectivity index is 2.16. The number of hydrogen-bond donors (Lipinski definition) is 0. The molecule has 6 nitrogen and oxygen atoms in total. The second-order valence-electron chi connectivity index (χ2n) is 4.94. The van der Waals surface area contributed by atoms with Gasteiger partial charge in [-0.15, -0.1) is 0 Å². The molecule has 20 heavy (non-hydrogen) atoms. The number of allylic oxidation sites excluding steroid dienone is 1. The van der Waals surface area contributed by atoms with Crippen LogP contribution in [0.2, 0.25) is 0 Å². The average Bonchev–Trinajstić information content (AvgIpc) is 2.49. The zero-order valence-corrected chi connectivity index (χ0v) is 12.6. The highest BCUT2D eigenvalue weighted by Crippen LogP contribution is 2.21. The SMILES string of the molecule is CCC=C(OOOC)C(C)COOOC1CCCCC1. The van der Waals surface area contributed by atoms with Crippen LogP contribution in [0, 0.1) is 5.92 Å². The largest absolute Gasteiger partial charge is 0.313 e. The van der Waals surface area contributed by atoms with Crippen molar-refractivity contribution in [3.05, 3.63) is 11.8 Å². The van der Waals surface area contributed by atoms with E-state index in [-0.39, 0.29) is 12.0 Å². The second-order valence-corrected chi connectivity index (χ2v) is 4.94. The molecule has 1 aliphatic rings. The molecule has 1 fully saturated rings. The molecule has 0 aliphatic heterocycles. The fourth-order valence-electron chi connectivity index (χ4n) is 2.05. The summed E-state index contributed by atoms with van der Waals surface area (Å²) in [5.41, 5.74) is 0. The van der Waals surface area contributed by atoms with Crippen molar-refractivity contribution in [1.29, 1.82) is 0 Å². The van der Waals surface area contributed by atoms with Gasteiger partial charge in [-0.3, -0.25) is 0 Å². The normalized spacial score (nSPS) is 19.1. The smallest absolute Gasteiger partial charge is 0.147 e.